The van der Waals surface area contributed by atoms with Crippen molar-refractivity contribution in [2.75, 3.05) is 19.6 Å². The van der Waals surface area contributed by atoms with Crippen LogP contribution in [0.1, 0.15) is 53.0 Å². The predicted molar refractivity (Wildman–Crippen MR) is 128 cm³/mol. The summed E-state index contributed by atoms with van der Waals surface area (Å²) in [6, 6.07) is 5.20. The second kappa shape index (κ2) is 10.8. The minimum atomic E-state index is -5.00. The first-order chi connectivity index (χ1) is 18.1. The van der Waals surface area contributed by atoms with Crippen LogP contribution in [0.25, 0.3) is 0 Å². The molecule has 4 rings (SSSR count). The predicted octanol–water partition coefficient (Wildman–Crippen LogP) is 5.25. The molecule has 212 valence electrons. The fourth-order valence-electron chi connectivity index (χ4n) is 5.34. The fourth-order valence-corrected chi connectivity index (χ4v) is 5.34. The Morgan fingerprint density at radius 1 is 0.974 bits per heavy atom. The van der Waals surface area contributed by atoms with Crippen LogP contribution < -0.4 is 5.73 Å². The van der Waals surface area contributed by atoms with Crippen LogP contribution in [-0.2, 0) is 28.5 Å². The molecule has 0 radical (unpaired) electrons. The standard InChI is InChI=1S/C27H28F7N3O2/c1-15-8-19(28)2-5-21(15)23-13-36(14-24(35)38)7-6-22(23)25(39)37(20-3-4-20)12-16-9-17(26(29,30)31)11-18(10-16)27(32,33)34/h2,5,8-11,20,22-23H,3-4,6-7,12-14H2,1H3,(H2,35,38)/t22-,23+/m1/s1. The molecule has 2 N–H and O–H groups in total. The number of nitrogens with zero attached hydrogens (tertiary/aromatic N) is 2. The van der Waals surface area contributed by atoms with E-state index >= 15 is 0 Å². The van der Waals surface area contributed by atoms with E-state index in [1.54, 1.807) is 17.9 Å². The third-order valence-electron chi connectivity index (χ3n) is 7.30. The van der Waals surface area contributed by atoms with Gasteiger partial charge in [0.15, 0.2) is 0 Å². The van der Waals surface area contributed by atoms with Crippen LogP contribution in [0.5, 0.6) is 0 Å². The summed E-state index contributed by atoms with van der Waals surface area (Å²) in [5.41, 5.74) is 3.48. The number of piperidine rings is 1. The topological polar surface area (TPSA) is 66.6 Å². The monoisotopic (exact) mass is 559 g/mol. The van der Waals surface area contributed by atoms with Gasteiger partial charge in [0.25, 0.3) is 0 Å². The quantitative estimate of drug-likeness (QED) is 0.471. The zero-order valence-corrected chi connectivity index (χ0v) is 21.1. The van der Waals surface area contributed by atoms with Crippen molar-refractivity contribution < 1.29 is 40.3 Å². The number of benzene rings is 2. The number of primary amides is 1. The van der Waals surface area contributed by atoms with Crippen LogP contribution in [-0.4, -0.2) is 47.3 Å². The van der Waals surface area contributed by atoms with Crippen LogP contribution in [0.3, 0.4) is 0 Å². The molecule has 0 aromatic heterocycles. The van der Waals surface area contributed by atoms with Gasteiger partial charge in [-0.15, -0.1) is 0 Å². The van der Waals surface area contributed by atoms with Gasteiger partial charge < -0.3 is 10.6 Å². The van der Waals surface area contributed by atoms with Crippen LogP contribution in [0.15, 0.2) is 36.4 Å². The van der Waals surface area contributed by atoms with Gasteiger partial charge in [0.2, 0.25) is 11.8 Å². The highest BCUT2D eigenvalue weighted by Crippen LogP contribution is 2.40. The maximum Gasteiger partial charge on any atom is 0.416 e. The first kappa shape index (κ1) is 28.8. The minimum absolute atomic E-state index is 0.0472. The highest BCUT2D eigenvalue weighted by molar-refractivity contribution is 5.81. The van der Waals surface area contributed by atoms with Crippen molar-refractivity contribution in [1.29, 1.82) is 0 Å². The van der Waals surface area contributed by atoms with E-state index < -0.39 is 59.5 Å². The van der Waals surface area contributed by atoms with Crippen molar-refractivity contribution in [2.24, 2.45) is 11.7 Å². The Labute approximate surface area is 220 Å². The Kier molecular flexibility index (Phi) is 7.98. The summed E-state index contributed by atoms with van der Waals surface area (Å²) in [4.78, 5) is 28.6. The number of halogens is 7. The molecule has 1 aliphatic heterocycles. The van der Waals surface area contributed by atoms with E-state index in [4.69, 9.17) is 5.73 Å². The van der Waals surface area contributed by atoms with Crippen molar-refractivity contribution >= 4 is 11.8 Å². The van der Waals surface area contributed by atoms with Gasteiger partial charge in [-0.1, -0.05) is 6.07 Å². The van der Waals surface area contributed by atoms with Gasteiger partial charge in [-0.05, 0) is 79.8 Å². The normalized spacial score (nSPS) is 20.6. The second-order valence-corrected chi connectivity index (χ2v) is 10.3. The second-order valence-electron chi connectivity index (χ2n) is 10.3. The summed E-state index contributed by atoms with van der Waals surface area (Å²) in [6.45, 7) is 1.83. The van der Waals surface area contributed by atoms with E-state index in [-0.39, 0.29) is 37.2 Å². The summed E-state index contributed by atoms with van der Waals surface area (Å²) in [5.74, 6) is -2.57. The lowest BCUT2D eigenvalue weighted by atomic mass is 9.78. The number of amides is 2. The zero-order chi connectivity index (χ0) is 28.7. The summed E-state index contributed by atoms with van der Waals surface area (Å²) in [6.07, 6.45) is -8.55. The van der Waals surface area contributed by atoms with E-state index in [9.17, 15) is 40.3 Å². The smallest absolute Gasteiger partial charge is 0.369 e. The van der Waals surface area contributed by atoms with Gasteiger partial charge in [0.05, 0.1) is 17.7 Å². The number of carbonyl (C=O) groups excluding carboxylic acids is 2. The molecule has 0 unspecified atom stereocenters. The van der Waals surface area contributed by atoms with Gasteiger partial charge in [-0.2, -0.15) is 26.3 Å². The lowest BCUT2D eigenvalue weighted by Gasteiger charge is -2.40. The molecule has 5 nitrogen and oxygen atoms in total. The fraction of sp³-hybridized carbons (Fsp3) is 0.481. The third-order valence-corrected chi connectivity index (χ3v) is 7.30. The summed E-state index contributed by atoms with van der Waals surface area (Å²) in [5, 5.41) is 0. The Bertz CT molecular complexity index is 1210. The average Bonchev–Trinajstić information content (AvgIpc) is 3.66. The van der Waals surface area contributed by atoms with Crippen molar-refractivity contribution in [1.82, 2.24) is 9.80 Å². The van der Waals surface area contributed by atoms with E-state index in [2.05, 4.69) is 0 Å². The molecular weight excluding hydrogens is 531 g/mol. The highest BCUT2D eigenvalue weighted by atomic mass is 19.4. The summed E-state index contributed by atoms with van der Waals surface area (Å²) in [7, 11) is 0. The number of rotatable bonds is 7. The highest BCUT2D eigenvalue weighted by Gasteiger charge is 2.43. The molecular formula is C27H28F7N3O2. The lowest BCUT2D eigenvalue weighted by molar-refractivity contribution is -0.143. The Morgan fingerprint density at radius 2 is 1.59 bits per heavy atom. The number of nitrogens with two attached hydrogens (primary N) is 1. The van der Waals surface area contributed by atoms with Crippen LogP contribution in [0.2, 0.25) is 0 Å². The minimum Gasteiger partial charge on any atom is -0.369 e. The molecule has 1 saturated heterocycles. The van der Waals surface area contributed by atoms with Crippen molar-refractivity contribution in [3.63, 3.8) is 0 Å². The molecule has 2 fully saturated rings. The molecule has 2 aliphatic rings. The van der Waals surface area contributed by atoms with Crippen LogP contribution >= 0.6 is 0 Å². The van der Waals surface area contributed by atoms with Crippen molar-refractivity contribution in [2.45, 2.75) is 57.0 Å². The lowest BCUT2D eigenvalue weighted by Crippen LogP contribution is -2.49. The molecule has 39 heavy (non-hydrogen) atoms. The third kappa shape index (κ3) is 6.90. The van der Waals surface area contributed by atoms with Gasteiger partial charge in [-0.3, -0.25) is 14.5 Å². The van der Waals surface area contributed by atoms with E-state index in [0.29, 0.717) is 42.6 Å². The zero-order valence-electron chi connectivity index (χ0n) is 21.1. The van der Waals surface area contributed by atoms with Gasteiger partial charge in [0.1, 0.15) is 5.82 Å². The number of likely N-dealkylation sites (tertiary alicyclic amines) is 1. The largest absolute Gasteiger partial charge is 0.416 e. The molecule has 1 heterocycles. The van der Waals surface area contributed by atoms with E-state index in [1.807, 2.05) is 0 Å². The van der Waals surface area contributed by atoms with Crippen LogP contribution in [0, 0.1) is 18.7 Å². The van der Waals surface area contributed by atoms with Gasteiger partial charge in [-0.25, -0.2) is 4.39 Å². The van der Waals surface area contributed by atoms with Crippen molar-refractivity contribution in [3.8, 4) is 0 Å². The Hall–Kier alpha value is -3.15. The number of alkyl halides is 6. The number of aryl methyl sites for hydroxylation is 1. The van der Waals surface area contributed by atoms with Crippen LogP contribution in [0.4, 0.5) is 30.7 Å². The number of hydrogen-bond donors (Lipinski definition) is 1. The molecule has 2 aromatic carbocycles. The first-order valence-electron chi connectivity index (χ1n) is 12.5. The molecule has 2 amide bonds. The molecule has 0 spiro atoms. The average molecular weight is 560 g/mol. The van der Waals surface area contributed by atoms with Crippen molar-refractivity contribution in [3.05, 3.63) is 70.0 Å². The van der Waals surface area contributed by atoms with Gasteiger partial charge >= 0.3 is 12.4 Å². The maximum atomic E-state index is 13.9. The van der Waals surface area contributed by atoms with Gasteiger partial charge in [0, 0.05) is 31.0 Å². The summed E-state index contributed by atoms with van der Waals surface area (Å²) >= 11 is 0. The van der Waals surface area contributed by atoms with E-state index in [1.165, 1.54) is 17.0 Å². The molecule has 0 bridgehead atoms. The molecule has 2 aromatic rings. The molecule has 1 saturated carbocycles. The molecule has 2 atom stereocenters. The number of carbonyl (C=O) groups is 2. The number of hydrogen-bond acceptors (Lipinski definition) is 3. The Morgan fingerprint density at radius 3 is 2.10 bits per heavy atom. The first-order valence-corrected chi connectivity index (χ1v) is 12.5. The maximum absolute atomic E-state index is 13.9. The Balaban J connectivity index is 1.67. The molecule has 12 heteroatoms. The summed E-state index contributed by atoms with van der Waals surface area (Å²) < 4.78 is 94.3. The molecule has 1 aliphatic carbocycles. The SMILES string of the molecule is Cc1cc(F)ccc1[C@@H]1CN(CC(N)=O)CC[C@H]1C(=O)N(Cc1cc(C(F)(F)F)cc(C(F)(F)F)c1)C1CC1. The van der Waals surface area contributed by atoms with E-state index in [0.717, 1.165) is 0 Å².